The standard InChI is InChI=1S/C15H10BrN5/c16-13-11(12-14(17)19-7-20-15(12)21-13)9-5-8-3-1-2-4-10(8)18-6-9/h1-7H,(H3,17,19,20,21). The SMILES string of the molecule is Nc1ncnc2[nH]c(Br)c(-c3cnc4ccccc4c3)c12. The average molecular weight is 340 g/mol. The maximum Gasteiger partial charge on any atom is 0.144 e. The van der Waals surface area contributed by atoms with Crippen LogP contribution in [-0.2, 0) is 0 Å². The number of fused-ring (bicyclic) bond motifs is 2. The van der Waals surface area contributed by atoms with Gasteiger partial charge < -0.3 is 10.7 Å². The first-order valence-corrected chi connectivity index (χ1v) is 7.16. The van der Waals surface area contributed by atoms with E-state index in [4.69, 9.17) is 5.73 Å². The van der Waals surface area contributed by atoms with Gasteiger partial charge in [-0.1, -0.05) is 18.2 Å². The van der Waals surface area contributed by atoms with Gasteiger partial charge in [0.05, 0.1) is 15.5 Å². The van der Waals surface area contributed by atoms with Crippen molar-refractivity contribution in [1.82, 2.24) is 19.9 Å². The Labute approximate surface area is 128 Å². The lowest BCUT2D eigenvalue weighted by atomic mass is 10.1. The molecule has 5 nitrogen and oxygen atoms in total. The number of anilines is 1. The van der Waals surface area contributed by atoms with Crippen LogP contribution in [0.3, 0.4) is 0 Å². The summed E-state index contributed by atoms with van der Waals surface area (Å²) in [4.78, 5) is 16.0. The Kier molecular flexibility index (Phi) is 2.65. The Balaban J connectivity index is 2.06. The quantitative estimate of drug-likeness (QED) is 0.556. The molecule has 102 valence electrons. The van der Waals surface area contributed by atoms with Crippen LogP contribution in [0, 0.1) is 0 Å². The van der Waals surface area contributed by atoms with Crippen molar-refractivity contribution in [3.63, 3.8) is 0 Å². The van der Waals surface area contributed by atoms with Crippen molar-refractivity contribution >= 4 is 43.7 Å². The van der Waals surface area contributed by atoms with Crippen LogP contribution in [0.25, 0.3) is 33.1 Å². The monoisotopic (exact) mass is 339 g/mol. The van der Waals surface area contributed by atoms with Crippen molar-refractivity contribution < 1.29 is 0 Å². The van der Waals surface area contributed by atoms with Crippen LogP contribution in [0.4, 0.5) is 5.82 Å². The van der Waals surface area contributed by atoms with Crippen LogP contribution >= 0.6 is 15.9 Å². The summed E-state index contributed by atoms with van der Waals surface area (Å²) in [6.45, 7) is 0. The number of pyridine rings is 1. The molecule has 1 aromatic carbocycles. The number of aromatic nitrogens is 4. The number of nitrogens with two attached hydrogens (primary N) is 1. The van der Waals surface area contributed by atoms with Crippen LogP contribution in [0.2, 0.25) is 0 Å². The first kappa shape index (κ1) is 12.3. The Morgan fingerprint density at radius 2 is 1.95 bits per heavy atom. The lowest BCUT2D eigenvalue weighted by molar-refractivity contribution is 1.20. The van der Waals surface area contributed by atoms with Crippen LogP contribution in [-0.4, -0.2) is 19.9 Å². The maximum absolute atomic E-state index is 6.01. The molecule has 3 N–H and O–H groups in total. The topological polar surface area (TPSA) is 80.5 Å². The van der Waals surface area contributed by atoms with Gasteiger partial charge >= 0.3 is 0 Å². The molecule has 6 heteroatoms. The number of rotatable bonds is 1. The van der Waals surface area contributed by atoms with E-state index in [0.717, 1.165) is 32.0 Å². The molecule has 0 amide bonds. The molecule has 0 unspecified atom stereocenters. The van der Waals surface area contributed by atoms with E-state index in [1.807, 2.05) is 30.5 Å². The largest absolute Gasteiger partial charge is 0.383 e. The Hall–Kier alpha value is -2.47. The van der Waals surface area contributed by atoms with Crippen LogP contribution < -0.4 is 5.73 Å². The lowest BCUT2D eigenvalue weighted by Crippen LogP contribution is -1.92. The number of hydrogen-bond donors (Lipinski definition) is 2. The van der Waals surface area contributed by atoms with Gasteiger partial charge in [0.1, 0.15) is 17.8 Å². The van der Waals surface area contributed by atoms with Gasteiger partial charge in [0, 0.05) is 22.7 Å². The second-order valence-corrected chi connectivity index (χ2v) is 5.51. The van der Waals surface area contributed by atoms with Gasteiger partial charge in [-0.2, -0.15) is 0 Å². The van der Waals surface area contributed by atoms with Crippen molar-refractivity contribution in [2.45, 2.75) is 0 Å². The van der Waals surface area contributed by atoms with E-state index in [2.05, 4.69) is 41.9 Å². The zero-order valence-electron chi connectivity index (χ0n) is 10.8. The minimum atomic E-state index is 0.449. The molecule has 0 bridgehead atoms. The molecule has 0 aliphatic heterocycles. The van der Waals surface area contributed by atoms with Gasteiger partial charge in [-0.25, -0.2) is 9.97 Å². The van der Waals surface area contributed by atoms with Crippen LogP contribution in [0.1, 0.15) is 0 Å². The van der Waals surface area contributed by atoms with Gasteiger partial charge in [0.15, 0.2) is 0 Å². The maximum atomic E-state index is 6.01. The second-order valence-electron chi connectivity index (χ2n) is 4.71. The molecule has 0 saturated carbocycles. The number of nitrogens with one attached hydrogen (secondary N) is 1. The summed E-state index contributed by atoms with van der Waals surface area (Å²) in [5.74, 6) is 0.449. The highest BCUT2D eigenvalue weighted by Gasteiger charge is 2.16. The summed E-state index contributed by atoms with van der Waals surface area (Å²) in [6, 6.07) is 10.1. The molecule has 3 aromatic heterocycles. The Morgan fingerprint density at radius 1 is 1.10 bits per heavy atom. The zero-order chi connectivity index (χ0) is 14.4. The fraction of sp³-hybridized carbons (Fsp3) is 0. The number of hydrogen-bond acceptors (Lipinski definition) is 4. The van der Waals surface area contributed by atoms with Gasteiger partial charge in [0.2, 0.25) is 0 Å². The predicted molar refractivity (Wildman–Crippen MR) is 86.7 cm³/mol. The molecular weight excluding hydrogens is 330 g/mol. The van der Waals surface area contributed by atoms with Crippen LogP contribution in [0.15, 0.2) is 47.5 Å². The summed E-state index contributed by atoms with van der Waals surface area (Å²) in [7, 11) is 0. The molecule has 0 saturated heterocycles. The lowest BCUT2D eigenvalue weighted by Gasteiger charge is -2.04. The Bertz CT molecular complexity index is 976. The molecule has 4 aromatic rings. The fourth-order valence-corrected chi connectivity index (χ4v) is 3.11. The van der Waals surface area contributed by atoms with E-state index < -0.39 is 0 Å². The first-order valence-electron chi connectivity index (χ1n) is 6.37. The van der Waals surface area contributed by atoms with Gasteiger partial charge in [0.25, 0.3) is 0 Å². The molecular formula is C15H10BrN5. The highest BCUT2D eigenvalue weighted by molar-refractivity contribution is 9.10. The second kappa shape index (κ2) is 4.53. The number of nitrogen functional groups attached to an aromatic ring is 1. The highest BCUT2D eigenvalue weighted by Crippen LogP contribution is 2.37. The van der Waals surface area contributed by atoms with E-state index in [0.29, 0.717) is 11.5 Å². The highest BCUT2D eigenvalue weighted by atomic mass is 79.9. The van der Waals surface area contributed by atoms with Crippen molar-refractivity contribution in [1.29, 1.82) is 0 Å². The van der Waals surface area contributed by atoms with Crippen molar-refractivity contribution in [3.05, 3.63) is 47.5 Å². The molecule has 3 heterocycles. The number of nitrogens with zero attached hydrogens (tertiary/aromatic N) is 3. The molecule has 0 aliphatic carbocycles. The third kappa shape index (κ3) is 1.87. The number of aromatic amines is 1. The van der Waals surface area contributed by atoms with Crippen molar-refractivity contribution in [3.8, 4) is 11.1 Å². The minimum Gasteiger partial charge on any atom is -0.383 e. The van der Waals surface area contributed by atoms with Gasteiger partial charge in [-0.05, 0) is 28.1 Å². The van der Waals surface area contributed by atoms with Crippen molar-refractivity contribution in [2.75, 3.05) is 5.73 Å². The number of halogens is 1. The minimum absolute atomic E-state index is 0.449. The summed E-state index contributed by atoms with van der Waals surface area (Å²) in [5, 5.41) is 1.88. The number of H-pyrrole nitrogens is 1. The Morgan fingerprint density at radius 3 is 2.86 bits per heavy atom. The molecule has 0 radical (unpaired) electrons. The van der Waals surface area contributed by atoms with E-state index in [1.165, 1.54) is 6.33 Å². The summed E-state index contributed by atoms with van der Waals surface area (Å²) < 4.78 is 0.821. The molecule has 0 atom stereocenters. The normalized spacial score (nSPS) is 11.3. The molecule has 0 spiro atoms. The van der Waals surface area contributed by atoms with Gasteiger partial charge in [-0.3, -0.25) is 4.98 Å². The predicted octanol–water partition coefficient (Wildman–Crippen LogP) is 3.52. The van der Waals surface area contributed by atoms with Gasteiger partial charge in [-0.15, -0.1) is 0 Å². The fourth-order valence-electron chi connectivity index (χ4n) is 2.50. The molecule has 4 rings (SSSR count). The third-order valence-electron chi connectivity index (χ3n) is 3.45. The summed E-state index contributed by atoms with van der Waals surface area (Å²) >= 11 is 3.54. The number of para-hydroxylation sites is 1. The first-order chi connectivity index (χ1) is 10.2. The smallest absolute Gasteiger partial charge is 0.144 e. The number of benzene rings is 1. The molecule has 0 aliphatic rings. The van der Waals surface area contributed by atoms with E-state index in [-0.39, 0.29) is 0 Å². The van der Waals surface area contributed by atoms with E-state index >= 15 is 0 Å². The third-order valence-corrected chi connectivity index (χ3v) is 4.05. The zero-order valence-corrected chi connectivity index (χ0v) is 12.4. The van der Waals surface area contributed by atoms with Crippen LogP contribution in [0.5, 0.6) is 0 Å². The summed E-state index contributed by atoms with van der Waals surface area (Å²) in [5.41, 5.74) is 9.57. The van der Waals surface area contributed by atoms with E-state index in [9.17, 15) is 0 Å². The summed E-state index contributed by atoms with van der Waals surface area (Å²) in [6.07, 6.45) is 3.28. The molecule has 21 heavy (non-hydrogen) atoms. The molecule has 0 fully saturated rings. The average Bonchev–Trinajstić information content (AvgIpc) is 2.84. The van der Waals surface area contributed by atoms with Crippen molar-refractivity contribution in [2.24, 2.45) is 0 Å². The van der Waals surface area contributed by atoms with E-state index in [1.54, 1.807) is 0 Å².